The Morgan fingerprint density at radius 1 is 1.12 bits per heavy atom. The van der Waals surface area contributed by atoms with E-state index in [9.17, 15) is 18.0 Å². The molecule has 4 rings (SSSR count). The molecule has 0 fully saturated rings. The highest BCUT2D eigenvalue weighted by molar-refractivity contribution is 5.93. The highest BCUT2D eigenvalue weighted by atomic mass is 19.4. The fourth-order valence-corrected chi connectivity index (χ4v) is 2.90. The van der Waals surface area contributed by atoms with Gasteiger partial charge in [0.1, 0.15) is 5.69 Å². The van der Waals surface area contributed by atoms with E-state index in [-0.39, 0.29) is 37.1 Å². The van der Waals surface area contributed by atoms with E-state index < -0.39 is 12.0 Å². The number of aromatic nitrogens is 5. The van der Waals surface area contributed by atoms with E-state index in [2.05, 4.69) is 20.4 Å². The first-order valence-electron chi connectivity index (χ1n) is 7.83. The largest absolute Gasteiger partial charge is 0.451 e. The summed E-state index contributed by atoms with van der Waals surface area (Å²) in [6.45, 7) is 0.0802. The smallest absolute Gasteiger partial charge is 0.328 e. The molecular weight excluding hydrogens is 349 g/mol. The number of benzene rings is 1. The Bertz CT molecular complexity index is 947. The van der Waals surface area contributed by atoms with E-state index in [4.69, 9.17) is 0 Å². The Morgan fingerprint density at radius 3 is 2.62 bits per heavy atom. The number of aromatic amines is 1. The lowest BCUT2D eigenvalue weighted by Gasteiger charge is -2.27. The van der Waals surface area contributed by atoms with Gasteiger partial charge >= 0.3 is 6.18 Å². The molecule has 1 aliphatic rings. The number of halogens is 3. The summed E-state index contributed by atoms with van der Waals surface area (Å²) in [5.74, 6) is -1.27. The summed E-state index contributed by atoms with van der Waals surface area (Å²) in [6.07, 6.45) is -4.56. The standard InChI is InChI=1S/C16H13F3N6O/c17-16(18,19)15-23-22-13-9-24(6-7-25(13)15)14(26)12-8-11(20-21-12)10-4-2-1-3-5-10/h1-5,8H,6-7,9H2,(H,20,21). The lowest BCUT2D eigenvalue weighted by Crippen LogP contribution is -2.39. The molecular formula is C16H13F3N6O. The molecule has 0 atom stereocenters. The van der Waals surface area contributed by atoms with Crippen molar-refractivity contribution >= 4 is 5.91 Å². The number of nitrogens with zero attached hydrogens (tertiary/aromatic N) is 5. The highest BCUT2D eigenvalue weighted by Crippen LogP contribution is 2.29. The zero-order valence-corrected chi connectivity index (χ0v) is 13.4. The van der Waals surface area contributed by atoms with Gasteiger partial charge in [0.15, 0.2) is 5.82 Å². The van der Waals surface area contributed by atoms with Gasteiger partial charge in [-0.3, -0.25) is 9.89 Å². The fourth-order valence-electron chi connectivity index (χ4n) is 2.90. The van der Waals surface area contributed by atoms with Crippen LogP contribution in [0.4, 0.5) is 13.2 Å². The van der Waals surface area contributed by atoms with Gasteiger partial charge in [0, 0.05) is 18.7 Å². The number of hydrogen-bond donors (Lipinski definition) is 1. The van der Waals surface area contributed by atoms with Crippen LogP contribution in [0.3, 0.4) is 0 Å². The molecule has 0 aliphatic carbocycles. The quantitative estimate of drug-likeness (QED) is 0.759. The minimum absolute atomic E-state index is 0.0113. The van der Waals surface area contributed by atoms with Crippen molar-refractivity contribution in [2.45, 2.75) is 19.3 Å². The van der Waals surface area contributed by atoms with Crippen molar-refractivity contribution in [3.8, 4) is 11.3 Å². The first-order valence-corrected chi connectivity index (χ1v) is 7.83. The van der Waals surface area contributed by atoms with E-state index >= 15 is 0 Å². The average Bonchev–Trinajstić information content (AvgIpc) is 3.28. The van der Waals surface area contributed by atoms with Gasteiger partial charge in [-0.25, -0.2) is 0 Å². The molecule has 0 spiro atoms. The van der Waals surface area contributed by atoms with Crippen LogP contribution in [0.15, 0.2) is 36.4 Å². The Balaban J connectivity index is 1.54. The van der Waals surface area contributed by atoms with Gasteiger partial charge in [-0.1, -0.05) is 30.3 Å². The maximum atomic E-state index is 12.9. The van der Waals surface area contributed by atoms with Gasteiger partial charge < -0.3 is 9.47 Å². The molecule has 0 radical (unpaired) electrons. The molecule has 2 aromatic heterocycles. The molecule has 0 saturated carbocycles. The second-order valence-corrected chi connectivity index (χ2v) is 5.85. The molecule has 0 unspecified atom stereocenters. The van der Waals surface area contributed by atoms with Crippen LogP contribution in [0.5, 0.6) is 0 Å². The lowest BCUT2D eigenvalue weighted by molar-refractivity contribution is -0.147. The molecule has 0 bridgehead atoms. The van der Waals surface area contributed by atoms with Crippen molar-refractivity contribution in [2.75, 3.05) is 6.54 Å². The molecule has 0 saturated heterocycles. The van der Waals surface area contributed by atoms with Crippen LogP contribution in [0.25, 0.3) is 11.3 Å². The van der Waals surface area contributed by atoms with E-state index in [1.165, 1.54) is 4.90 Å². The average molecular weight is 362 g/mol. The SMILES string of the molecule is O=C(c1cc(-c2ccccc2)n[nH]1)N1CCn2c(nnc2C(F)(F)F)C1. The van der Waals surface area contributed by atoms with E-state index in [0.717, 1.165) is 10.1 Å². The number of nitrogens with one attached hydrogen (secondary N) is 1. The van der Waals surface area contributed by atoms with Crippen molar-refractivity contribution in [1.82, 2.24) is 29.9 Å². The van der Waals surface area contributed by atoms with Crippen LogP contribution < -0.4 is 0 Å². The van der Waals surface area contributed by atoms with Gasteiger partial charge in [0.05, 0.1) is 12.2 Å². The minimum Gasteiger partial charge on any atom is -0.328 e. The van der Waals surface area contributed by atoms with E-state index in [0.29, 0.717) is 5.69 Å². The third-order valence-electron chi connectivity index (χ3n) is 4.17. The Labute approximate surface area is 145 Å². The topological polar surface area (TPSA) is 79.7 Å². The Morgan fingerprint density at radius 2 is 1.88 bits per heavy atom. The van der Waals surface area contributed by atoms with Gasteiger partial charge in [-0.05, 0) is 6.07 Å². The monoisotopic (exact) mass is 362 g/mol. The van der Waals surface area contributed by atoms with Crippen molar-refractivity contribution in [1.29, 1.82) is 0 Å². The number of H-pyrrole nitrogens is 1. The van der Waals surface area contributed by atoms with Gasteiger partial charge in [-0.15, -0.1) is 10.2 Å². The molecule has 134 valence electrons. The molecule has 7 nitrogen and oxygen atoms in total. The first-order chi connectivity index (χ1) is 12.4. The summed E-state index contributed by atoms with van der Waals surface area (Å²) >= 11 is 0. The molecule has 1 N–H and O–H groups in total. The molecule has 26 heavy (non-hydrogen) atoms. The zero-order valence-electron chi connectivity index (χ0n) is 13.4. The number of carbonyl (C=O) groups excluding carboxylic acids is 1. The molecule has 10 heteroatoms. The lowest BCUT2D eigenvalue weighted by atomic mass is 10.1. The van der Waals surface area contributed by atoms with Gasteiger partial charge in [0.2, 0.25) is 5.82 Å². The van der Waals surface area contributed by atoms with E-state index in [1.54, 1.807) is 6.07 Å². The third kappa shape index (κ3) is 2.83. The van der Waals surface area contributed by atoms with Crippen LogP contribution in [-0.2, 0) is 19.3 Å². The van der Waals surface area contributed by atoms with Crippen molar-refractivity contribution < 1.29 is 18.0 Å². The molecule has 3 heterocycles. The van der Waals surface area contributed by atoms with Crippen LogP contribution in [0.1, 0.15) is 22.1 Å². The molecule has 1 amide bonds. The number of amides is 1. The summed E-state index contributed by atoms with van der Waals surface area (Å²) in [5, 5.41) is 13.6. The number of hydrogen-bond acceptors (Lipinski definition) is 4. The normalized spacial score (nSPS) is 14.3. The molecule has 1 aromatic carbocycles. The van der Waals surface area contributed by atoms with Crippen LogP contribution in [0, 0.1) is 0 Å². The maximum absolute atomic E-state index is 12.9. The number of carbonyl (C=O) groups is 1. The van der Waals surface area contributed by atoms with Crippen LogP contribution in [-0.4, -0.2) is 42.3 Å². The second kappa shape index (κ2) is 5.97. The van der Waals surface area contributed by atoms with Crippen molar-refractivity contribution in [3.05, 3.63) is 53.7 Å². The van der Waals surface area contributed by atoms with Crippen molar-refractivity contribution in [2.24, 2.45) is 0 Å². The summed E-state index contributed by atoms with van der Waals surface area (Å²) in [7, 11) is 0. The number of alkyl halides is 3. The Kier molecular flexibility index (Phi) is 3.74. The zero-order chi connectivity index (χ0) is 18.3. The van der Waals surface area contributed by atoms with E-state index in [1.807, 2.05) is 30.3 Å². The fraction of sp³-hybridized carbons (Fsp3) is 0.250. The highest BCUT2D eigenvalue weighted by Gasteiger charge is 2.40. The Hall–Kier alpha value is -3.17. The summed E-state index contributed by atoms with van der Waals surface area (Å²) in [5.41, 5.74) is 1.75. The summed E-state index contributed by atoms with van der Waals surface area (Å²) in [4.78, 5) is 14.1. The van der Waals surface area contributed by atoms with Crippen molar-refractivity contribution in [3.63, 3.8) is 0 Å². The summed E-state index contributed by atoms with van der Waals surface area (Å²) in [6, 6.07) is 11.0. The minimum atomic E-state index is -4.56. The second-order valence-electron chi connectivity index (χ2n) is 5.85. The van der Waals surface area contributed by atoms with Crippen LogP contribution in [0.2, 0.25) is 0 Å². The maximum Gasteiger partial charge on any atom is 0.451 e. The predicted octanol–water partition coefficient (Wildman–Crippen LogP) is 2.34. The molecule has 1 aliphatic heterocycles. The third-order valence-corrected chi connectivity index (χ3v) is 4.17. The molecule has 3 aromatic rings. The number of fused-ring (bicyclic) bond motifs is 1. The predicted molar refractivity (Wildman–Crippen MR) is 83.8 cm³/mol. The van der Waals surface area contributed by atoms with Gasteiger partial charge in [0.25, 0.3) is 5.91 Å². The van der Waals surface area contributed by atoms with Gasteiger partial charge in [-0.2, -0.15) is 18.3 Å². The number of rotatable bonds is 2. The first kappa shape index (κ1) is 16.3. The van der Waals surface area contributed by atoms with Crippen LogP contribution >= 0.6 is 0 Å². The summed E-state index contributed by atoms with van der Waals surface area (Å²) < 4.78 is 39.6.